The molecule has 1 fully saturated rings. The Morgan fingerprint density at radius 2 is 2.00 bits per heavy atom. The van der Waals surface area contributed by atoms with Gasteiger partial charge in [0.1, 0.15) is 0 Å². The van der Waals surface area contributed by atoms with Crippen molar-refractivity contribution in [1.29, 1.82) is 0 Å². The quantitative estimate of drug-likeness (QED) is 0.765. The van der Waals surface area contributed by atoms with Crippen LogP contribution < -0.4 is 10.6 Å². The van der Waals surface area contributed by atoms with E-state index in [0.29, 0.717) is 30.0 Å². The van der Waals surface area contributed by atoms with Crippen LogP contribution in [0.15, 0.2) is 18.5 Å². The summed E-state index contributed by atoms with van der Waals surface area (Å²) in [5, 5.41) is 14.2. The van der Waals surface area contributed by atoms with Crippen molar-refractivity contribution in [3.05, 3.63) is 24.0 Å². The second-order valence-corrected chi connectivity index (χ2v) is 6.18. The lowest BCUT2D eigenvalue weighted by atomic mass is 10.2. The molecule has 0 aliphatic carbocycles. The second-order valence-electron chi connectivity index (χ2n) is 4.49. The third-order valence-corrected chi connectivity index (χ3v) is 4.35. The fourth-order valence-electron chi connectivity index (χ4n) is 1.92. The first kappa shape index (κ1) is 14.4. The molecule has 20 heavy (non-hydrogen) atoms. The lowest BCUT2D eigenvalue weighted by Gasteiger charge is -2.22. The van der Waals surface area contributed by atoms with Gasteiger partial charge in [-0.25, -0.2) is 9.59 Å². The molecule has 1 aliphatic rings. The monoisotopic (exact) mass is 297 g/mol. The molecule has 1 aromatic heterocycles. The Labute approximate surface area is 118 Å². The van der Waals surface area contributed by atoms with Crippen molar-refractivity contribution in [2.75, 3.05) is 16.8 Å². The zero-order valence-corrected chi connectivity index (χ0v) is 11.5. The molecule has 2 rings (SSSR count). The lowest BCUT2D eigenvalue weighted by molar-refractivity contribution is 0.0696. The molecule has 3 N–H and O–H groups in total. The van der Waals surface area contributed by atoms with Crippen LogP contribution in [0.5, 0.6) is 0 Å². The van der Waals surface area contributed by atoms with E-state index >= 15 is 0 Å². The molecule has 108 valence electrons. The molecule has 0 saturated carbocycles. The van der Waals surface area contributed by atoms with Crippen LogP contribution >= 0.6 is 0 Å². The molecule has 0 aromatic carbocycles. The first-order valence-electron chi connectivity index (χ1n) is 6.15. The number of nitrogens with one attached hydrogen (secondary N) is 2. The molecule has 2 heterocycles. The maximum Gasteiger partial charge on any atom is 0.337 e. The molecule has 0 atom stereocenters. The van der Waals surface area contributed by atoms with Crippen LogP contribution in [0.2, 0.25) is 0 Å². The number of carbonyl (C=O) groups is 2. The van der Waals surface area contributed by atoms with Gasteiger partial charge in [0.2, 0.25) is 0 Å². The van der Waals surface area contributed by atoms with Crippen molar-refractivity contribution in [1.82, 2.24) is 10.3 Å². The highest BCUT2D eigenvalue weighted by atomic mass is 32.2. The SMILES string of the molecule is O=C(Nc1cncc(C(=O)O)c1)NC1CCS(=O)CC1. The zero-order valence-electron chi connectivity index (χ0n) is 10.7. The molecular formula is C12H15N3O4S. The zero-order chi connectivity index (χ0) is 14.5. The van der Waals surface area contributed by atoms with E-state index in [0.717, 1.165) is 0 Å². The molecular weight excluding hydrogens is 282 g/mol. The standard InChI is InChI=1S/C12H15N3O4S/c16-11(17)8-5-10(7-13-6-8)15-12(18)14-9-1-3-20(19)4-2-9/h5-7,9H,1-4H2,(H,16,17)(H2,14,15,18). The van der Waals surface area contributed by atoms with Gasteiger partial charge in [0.05, 0.1) is 17.4 Å². The summed E-state index contributed by atoms with van der Waals surface area (Å²) in [4.78, 5) is 26.3. The first-order valence-corrected chi connectivity index (χ1v) is 7.64. The number of hydrogen-bond donors (Lipinski definition) is 3. The van der Waals surface area contributed by atoms with Crippen LogP contribution in [-0.4, -0.2) is 43.8 Å². The van der Waals surface area contributed by atoms with E-state index < -0.39 is 22.8 Å². The van der Waals surface area contributed by atoms with Crippen molar-refractivity contribution in [2.45, 2.75) is 18.9 Å². The van der Waals surface area contributed by atoms with Crippen LogP contribution in [0.3, 0.4) is 0 Å². The number of anilines is 1. The van der Waals surface area contributed by atoms with Crippen LogP contribution in [0, 0.1) is 0 Å². The third kappa shape index (κ3) is 4.02. The molecule has 0 unspecified atom stereocenters. The molecule has 0 bridgehead atoms. The van der Waals surface area contributed by atoms with E-state index in [2.05, 4.69) is 15.6 Å². The Morgan fingerprint density at radius 3 is 2.65 bits per heavy atom. The number of amides is 2. The fraction of sp³-hybridized carbons (Fsp3) is 0.417. The van der Waals surface area contributed by atoms with Crippen LogP contribution in [0.25, 0.3) is 0 Å². The molecule has 0 radical (unpaired) electrons. The summed E-state index contributed by atoms with van der Waals surface area (Å²) in [5.74, 6) is 0.0958. The Kier molecular flexibility index (Phi) is 4.67. The maximum absolute atomic E-state index is 11.8. The number of carboxylic acid groups (broad SMARTS) is 1. The van der Waals surface area contributed by atoms with Crippen molar-refractivity contribution in [3.8, 4) is 0 Å². The second kappa shape index (κ2) is 6.47. The first-order chi connectivity index (χ1) is 9.54. The van der Waals surface area contributed by atoms with Crippen LogP contribution in [0.4, 0.5) is 10.5 Å². The minimum Gasteiger partial charge on any atom is -0.478 e. The fourth-order valence-corrected chi connectivity index (χ4v) is 3.21. The van der Waals surface area contributed by atoms with Gasteiger partial charge < -0.3 is 15.7 Å². The number of carboxylic acids is 1. The van der Waals surface area contributed by atoms with E-state index in [9.17, 15) is 13.8 Å². The summed E-state index contributed by atoms with van der Waals surface area (Å²) < 4.78 is 11.2. The lowest BCUT2D eigenvalue weighted by Crippen LogP contribution is -2.41. The normalized spacial score (nSPS) is 22.0. The molecule has 8 heteroatoms. The summed E-state index contributed by atoms with van der Waals surface area (Å²) in [7, 11) is -0.769. The summed E-state index contributed by atoms with van der Waals surface area (Å²) in [5.41, 5.74) is 0.331. The van der Waals surface area contributed by atoms with Gasteiger partial charge in [-0.05, 0) is 18.9 Å². The molecule has 1 saturated heterocycles. The van der Waals surface area contributed by atoms with Crippen molar-refractivity contribution >= 4 is 28.5 Å². The van der Waals surface area contributed by atoms with Crippen LogP contribution in [-0.2, 0) is 10.8 Å². The molecule has 0 spiro atoms. The number of pyridine rings is 1. The van der Waals surface area contributed by atoms with Gasteiger partial charge in [0, 0.05) is 34.5 Å². The number of urea groups is 1. The van der Waals surface area contributed by atoms with Crippen LogP contribution in [0.1, 0.15) is 23.2 Å². The van der Waals surface area contributed by atoms with Gasteiger partial charge in [-0.15, -0.1) is 0 Å². The number of hydrogen-bond acceptors (Lipinski definition) is 4. The predicted octanol–water partition coefficient (Wildman–Crippen LogP) is 0.812. The maximum atomic E-state index is 11.8. The van der Waals surface area contributed by atoms with E-state index in [1.54, 1.807) is 0 Å². The molecule has 2 amide bonds. The third-order valence-electron chi connectivity index (χ3n) is 2.97. The van der Waals surface area contributed by atoms with Gasteiger partial charge in [0.15, 0.2) is 0 Å². The van der Waals surface area contributed by atoms with Gasteiger partial charge in [-0.1, -0.05) is 0 Å². The van der Waals surface area contributed by atoms with Gasteiger partial charge in [0.25, 0.3) is 0 Å². The average molecular weight is 297 g/mol. The summed E-state index contributed by atoms with van der Waals surface area (Å²) in [6.45, 7) is 0. The highest BCUT2D eigenvalue weighted by molar-refractivity contribution is 7.85. The van der Waals surface area contributed by atoms with Crippen molar-refractivity contribution < 1.29 is 18.9 Å². The number of nitrogens with zero attached hydrogens (tertiary/aromatic N) is 1. The average Bonchev–Trinajstić information content (AvgIpc) is 2.41. The minimum absolute atomic E-state index is 0.00307. The highest BCUT2D eigenvalue weighted by Gasteiger charge is 2.19. The number of rotatable bonds is 3. The Morgan fingerprint density at radius 1 is 1.30 bits per heavy atom. The Bertz CT molecular complexity index is 539. The van der Waals surface area contributed by atoms with E-state index in [-0.39, 0.29) is 11.6 Å². The molecule has 7 nitrogen and oxygen atoms in total. The van der Waals surface area contributed by atoms with Gasteiger partial charge in [-0.3, -0.25) is 9.19 Å². The van der Waals surface area contributed by atoms with E-state index in [1.165, 1.54) is 18.5 Å². The number of aromatic carboxylic acids is 1. The Balaban J connectivity index is 1.89. The Hall–Kier alpha value is -1.96. The van der Waals surface area contributed by atoms with Crippen molar-refractivity contribution in [2.24, 2.45) is 0 Å². The molecule has 1 aliphatic heterocycles. The summed E-state index contributed by atoms with van der Waals surface area (Å²) in [6.07, 6.45) is 3.96. The number of carbonyl (C=O) groups excluding carboxylic acids is 1. The minimum atomic E-state index is -1.10. The molecule has 1 aromatic rings. The topological polar surface area (TPSA) is 108 Å². The van der Waals surface area contributed by atoms with Gasteiger partial charge in [-0.2, -0.15) is 0 Å². The van der Waals surface area contributed by atoms with E-state index in [1.807, 2.05) is 0 Å². The summed E-state index contributed by atoms with van der Waals surface area (Å²) in [6, 6.07) is 0.931. The highest BCUT2D eigenvalue weighted by Crippen LogP contribution is 2.11. The summed E-state index contributed by atoms with van der Waals surface area (Å²) >= 11 is 0. The van der Waals surface area contributed by atoms with Crippen molar-refractivity contribution in [3.63, 3.8) is 0 Å². The smallest absolute Gasteiger partial charge is 0.337 e. The van der Waals surface area contributed by atoms with Gasteiger partial charge >= 0.3 is 12.0 Å². The predicted molar refractivity (Wildman–Crippen MR) is 74.2 cm³/mol. The van der Waals surface area contributed by atoms with E-state index in [4.69, 9.17) is 5.11 Å². The largest absolute Gasteiger partial charge is 0.478 e. The number of aromatic nitrogens is 1.